The van der Waals surface area contributed by atoms with Crippen molar-refractivity contribution in [2.75, 3.05) is 0 Å². The smallest absolute Gasteiger partial charge is 0.328 e. The first-order valence-corrected chi connectivity index (χ1v) is 6.48. The van der Waals surface area contributed by atoms with E-state index < -0.39 is 11.8 Å². The van der Waals surface area contributed by atoms with Gasteiger partial charge < -0.3 is 9.84 Å². The van der Waals surface area contributed by atoms with Gasteiger partial charge in [0.15, 0.2) is 11.6 Å². The topological polar surface area (TPSA) is 46.5 Å². The highest BCUT2D eigenvalue weighted by Crippen LogP contribution is 2.25. The van der Waals surface area contributed by atoms with E-state index in [2.05, 4.69) is 0 Å². The van der Waals surface area contributed by atoms with Crippen molar-refractivity contribution >= 4 is 12.0 Å². The predicted molar refractivity (Wildman–Crippen MR) is 78.6 cm³/mol. The molecule has 2 aromatic carbocycles. The fourth-order valence-electron chi connectivity index (χ4n) is 1.87. The lowest BCUT2D eigenvalue weighted by Crippen LogP contribution is -2.04. The summed E-state index contributed by atoms with van der Waals surface area (Å²) in [6.07, 6.45) is 2.01. The molecule has 0 aliphatic carbocycles. The number of benzene rings is 2. The van der Waals surface area contributed by atoms with Gasteiger partial charge in [0.1, 0.15) is 6.10 Å². The molecule has 4 heteroatoms. The van der Waals surface area contributed by atoms with Gasteiger partial charge in [-0.3, -0.25) is 0 Å². The molecule has 21 heavy (non-hydrogen) atoms. The highest BCUT2D eigenvalue weighted by Gasteiger charge is 2.10. The Kier molecular flexibility index (Phi) is 4.72. The average molecular weight is 286 g/mol. The van der Waals surface area contributed by atoms with Gasteiger partial charge in [-0.25, -0.2) is 9.18 Å². The minimum atomic E-state index is -1.08. The monoisotopic (exact) mass is 286 g/mol. The van der Waals surface area contributed by atoms with E-state index in [9.17, 15) is 9.18 Å². The molecular formula is C17H15FO3. The van der Waals surface area contributed by atoms with Gasteiger partial charge in [-0.05, 0) is 36.3 Å². The van der Waals surface area contributed by atoms with E-state index in [1.807, 2.05) is 37.3 Å². The Labute approximate surface area is 122 Å². The largest absolute Gasteiger partial charge is 0.483 e. The number of halogens is 1. The van der Waals surface area contributed by atoms with E-state index >= 15 is 0 Å². The van der Waals surface area contributed by atoms with Crippen LogP contribution < -0.4 is 4.74 Å². The van der Waals surface area contributed by atoms with Gasteiger partial charge in [-0.15, -0.1) is 0 Å². The maximum atomic E-state index is 13.9. The Hall–Kier alpha value is -2.62. The van der Waals surface area contributed by atoms with Crippen LogP contribution in [-0.4, -0.2) is 11.1 Å². The molecule has 108 valence electrons. The van der Waals surface area contributed by atoms with Gasteiger partial charge in [0.2, 0.25) is 0 Å². The van der Waals surface area contributed by atoms with E-state index in [0.29, 0.717) is 5.56 Å². The van der Waals surface area contributed by atoms with Gasteiger partial charge in [0, 0.05) is 6.08 Å². The molecule has 0 aliphatic heterocycles. The molecule has 0 bridgehead atoms. The van der Waals surface area contributed by atoms with Crippen LogP contribution in [0.3, 0.4) is 0 Å². The van der Waals surface area contributed by atoms with Crippen molar-refractivity contribution in [2.45, 2.75) is 13.0 Å². The van der Waals surface area contributed by atoms with Crippen LogP contribution in [0.4, 0.5) is 4.39 Å². The summed E-state index contributed by atoms with van der Waals surface area (Å²) in [5.74, 6) is -1.46. The summed E-state index contributed by atoms with van der Waals surface area (Å²) in [5, 5.41) is 8.54. The normalized spacial score (nSPS) is 12.3. The third kappa shape index (κ3) is 4.18. The molecule has 0 unspecified atom stereocenters. The number of rotatable bonds is 5. The molecular weight excluding hydrogens is 271 g/mol. The Morgan fingerprint density at radius 3 is 2.57 bits per heavy atom. The van der Waals surface area contributed by atoms with Gasteiger partial charge in [-0.2, -0.15) is 0 Å². The van der Waals surface area contributed by atoms with Gasteiger partial charge >= 0.3 is 5.97 Å². The summed E-state index contributed by atoms with van der Waals surface area (Å²) < 4.78 is 19.5. The van der Waals surface area contributed by atoms with Gasteiger partial charge in [-0.1, -0.05) is 36.4 Å². The molecule has 0 saturated carbocycles. The number of carboxylic acids is 1. The zero-order chi connectivity index (χ0) is 15.2. The molecule has 1 N–H and O–H groups in total. The Morgan fingerprint density at radius 1 is 1.24 bits per heavy atom. The van der Waals surface area contributed by atoms with E-state index in [0.717, 1.165) is 11.6 Å². The third-order valence-electron chi connectivity index (χ3n) is 2.95. The average Bonchev–Trinajstić information content (AvgIpc) is 2.48. The molecule has 0 spiro atoms. The summed E-state index contributed by atoms with van der Waals surface area (Å²) in [6, 6.07) is 13.9. The lowest BCUT2D eigenvalue weighted by Gasteiger charge is -2.15. The second-order valence-corrected chi connectivity index (χ2v) is 4.53. The van der Waals surface area contributed by atoms with Gasteiger partial charge in [0.05, 0.1) is 0 Å². The summed E-state index contributed by atoms with van der Waals surface area (Å²) >= 11 is 0. The molecule has 1 atom stereocenters. The summed E-state index contributed by atoms with van der Waals surface area (Å²) in [6.45, 7) is 1.84. The lowest BCUT2D eigenvalue weighted by atomic mass is 10.1. The van der Waals surface area contributed by atoms with Crippen LogP contribution >= 0.6 is 0 Å². The first kappa shape index (κ1) is 14.8. The number of hydrogen-bond donors (Lipinski definition) is 1. The van der Waals surface area contributed by atoms with E-state index in [1.54, 1.807) is 6.07 Å². The Morgan fingerprint density at radius 2 is 1.95 bits per heavy atom. The summed E-state index contributed by atoms with van der Waals surface area (Å²) in [7, 11) is 0. The Balaban J connectivity index is 2.13. The van der Waals surface area contributed by atoms with Gasteiger partial charge in [0.25, 0.3) is 0 Å². The van der Waals surface area contributed by atoms with Crippen molar-refractivity contribution in [1.29, 1.82) is 0 Å². The standard InChI is InChI=1S/C17H15FO3/c1-12(14-5-3-2-4-6-14)21-16-9-7-13(11-15(16)18)8-10-17(19)20/h2-12H,1H3,(H,19,20)/b10-8+/t12-/m0/s1. The molecule has 3 nitrogen and oxygen atoms in total. The van der Waals surface area contributed by atoms with Crippen molar-refractivity contribution in [3.05, 3.63) is 71.6 Å². The van der Waals surface area contributed by atoms with Crippen LogP contribution in [0.15, 0.2) is 54.6 Å². The van der Waals surface area contributed by atoms with Crippen molar-refractivity contribution in [3.8, 4) is 5.75 Å². The molecule has 0 radical (unpaired) electrons. The van der Waals surface area contributed by atoms with E-state index in [1.165, 1.54) is 18.2 Å². The number of carboxylic acid groups (broad SMARTS) is 1. The van der Waals surface area contributed by atoms with Crippen molar-refractivity contribution in [3.63, 3.8) is 0 Å². The zero-order valence-corrected chi connectivity index (χ0v) is 11.5. The van der Waals surface area contributed by atoms with Crippen LogP contribution in [0.25, 0.3) is 6.08 Å². The van der Waals surface area contributed by atoms with Crippen LogP contribution in [0.2, 0.25) is 0 Å². The van der Waals surface area contributed by atoms with Crippen molar-refractivity contribution in [1.82, 2.24) is 0 Å². The maximum absolute atomic E-state index is 13.9. The fraction of sp³-hybridized carbons (Fsp3) is 0.118. The molecule has 2 aromatic rings. The van der Waals surface area contributed by atoms with Crippen LogP contribution in [0.1, 0.15) is 24.2 Å². The van der Waals surface area contributed by atoms with Crippen molar-refractivity contribution in [2.24, 2.45) is 0 Å². The second-order valence-electron chi connectivity index (χ2n) is 4.53. The van der Waals surface area contributed by atoms with Crippen LogP contribution in [0, 0.1) is 5.82 Å². The third-order valence-corrected chi connectivity index (χ3v) is 2.95. The fourth-order valence-corrected chi connectivity index (χ4v) is 1.87. The second kappa shape index (κ2) is 6.70. The molecule has 0 aromatic heterocycles. The Bertz CT molecular complexity index is 650. The molecule has 0 fully saturated rings. The van der Waals surface area contributed by atoms with Crippen LogP contribution in [0.5, 0.6) is 5.75 Å². The van der Waals surface area contributed by atoms with E-state index in [-0.39, 0.29) is 11.9 Å². The number of ether oxygens (including phenoxy) is 1. The highest BCUT2D eigenvalue weighted by atomic mass is 19.1. The number of aliphatic carboxylic acids is 1. The predicted octanol–water partition coefficient (Wildman–Crippen LogP) is 4.06. The molecule has 0 aliphatic rings. The number of carbonyl (C=O) groups is 1. The summed E-state index contributed by atoms with van der Waals surface area (Å²) in [4.78, 5) is 10.4. The minimum absolute atomic E-state index is 0.138. The first-order valence-electron chi connectivity index (χ1n) is 6.48. The molecule has 0 saturated heterocycles. The van der Waals surface area contributed by atoms with E-state index in [4.69, 9.17) is 9.84 Å². The zero-order valence-electron chi connectivity index (χ0n) is 11.5. The quantitative estimate of drug-likeness (QED) is 0.843. The lowest BCUT2D eigenvalue weighted by molar-refractivity contribution is -0.131. The van der Waals surface area contributed by atoms with Crippen molar-refractivity contribution < 1.29 is 19.0 Å². The molecule has 0 heterocycles. The summed E-state index contributed by atoms with van der Waals surface area (Å²) in [5.41, 5.74) is 1.42. The highest BCUT2D eigenvalue weighted by molar-refractivity contribution is 5.85. The number of hydrogen-bond acceptors (Lipinski definition) is 2. The van der Waals surface area contributed by atoms with Crippen LogP contribution in [-0.2, 0) is 4.79 Å². The SMILES string of the molecule is C[C@H](Oc1ccc(/C=C/C(=O)O)cc1F)c1ccccc1. The maximum Gasteiger partial charge on any atom is 0.328 e. The minimum Gasteiger partial charge on any atom is -0.483 e. The molecule has 2 rings (SSSR count). The molecule has 0 amide bonds. The first-order chi connectivity index (χ1) is 10.1.